The van der Waals surface area contributed by atoms with Crippen LogP contribution in [0.5, 0.6) is 11.5 Å². The molecule has 0 saturated carbocycles. The summed E-state index contributed by atoms with van der Waals surface area (Å²) in [5.74, 6) is 1.00. The highest BCUT2D eigenvalue weighted by molar-refractivity contribution is 5.72. The Bertz CT molecular complexity index is 1300. The molecule has 0 bridgehead atoms. The number of benzene rings is 3. The number of fused-ring (bicyclic) bond motifs is 1. The molecular formula is C32H37FO4. The number of carbonyl (C=O) groups is 1. The van der Waals surface area contributed by atoms with Crippen molar-refractivity contribution < 1.29 is 23.4 Å². The Hall–Kier alpha value is -3.34. The standard InChI is InChI=1S/C32H37FO4/c1-31(2,3)27-14-20(8-12-24(27)26-15-22(35-6)11-13-29(26)33)19-37-23-10-9-21-18-32(4,5)28(25(21)16-23)17-30(34)36-7/h8-16,28H,17-19H2,1-7H3/t28-/m0/s1. The van der Waals surface area contributed by atoms with Crippen molar-refractivity contribution in [1.29, 1.82) is 0 Å². The third-order valence-corrected chi connectivity index (χ3v) is 7.44. The Labute approximate surface area is 219 Å². The average molecular weight is 505 g/mol. The Morgan fingerprint density at radius 1 is 0.973 bits per heavy atom. The minimum Gasteiger partial charge on any atom is -0.497 e. The summed E-state index contributed by atoms with van der Waals surface area (Å²) >= 11 is 0. The number of hydrogen-bond acceptors (Lipinski definition) is 4. The molecule has 37 heavy (non-hydrogen) atoms. The van der Waals surface area contributed by atoms with Gasteiger partial charge in [0, 0.05) is 11.5 Å². The lowest BCUT2D eigenvalue weighted by Crippen LogP contribution is -2.21. The minimum absolute atomic E-state index is 0.0258. The maximum Gasteiger partial charge on any atom is 0.306 e. The summed E-state index contributed by atoms with van der Waals surface area (Å²) in [7, 11) is 3.02. The van der Waals surface area contributed by atoms with E-state index in [0.717, 1.165) is 34.4 Å². The quantitative estimate of drug-likeness (QED) is 0.311. The number of halogens is 1. The molecule has 5 heteroatoms. The zero-order chi connectivity index (χ0) is 27.0. The van der Waals surface area contributed by atoms with Crippen LogP contribution in [0, 0.1) is 11.2 Å². The van der Waals surface area contributed by atoms with E-state index in [-0.39, 0.29) is 28.5 Å². The SMILES string of the molecule is COC(=O)C[C@H]1c2cc(OCc3ccc(-c4cc(OC)ccc4F)c(C(C)(C)C)c3)ccc2CC1(C)C. The first-order chi connectivity index (χ1) is 17.4. The predicted octanol–water partition coefficient (Wildman–Crippen LogP) is 7.61. The number of esters is 1. The second kappa shape index (κ2) is 10.2. The van der Waals surface area contributed by atoms with Crippen LogP contribution in [-0.4, -0.2) is 20.2 Å². The van der Waals surface area contributed by atoms with Gasteiger partial charge in [0.15, 0.2) is 0 Å². The highest BCUT2D eigenvalue weighted by Crippen LogP contribution is 2.49. The van der Waals surface area contributed by atoms with E-state index in [2.05, 4.69) is 52.8 Å². The summed E-state index contributed by atoms with van der Waals surface area (Å²) in [5.41, 5.74) is 5.59. The molecule has 0 saturated heterocycles. The average Bonchev–Trinajstić information content (AvgIpc) is 3.11. The van der Waals surface area contributed by atoms with Crippen LogP contribution in [0.25, 0.3) is 11.1 Å². The Balaban J connectivity index is 1.60. The van der Waals surface area contributed by atoms with Crippen molar-refractivity contribution in [3.05, 3.63) is 82.7 Å². The van der Waals surface area contributed by atoms with Crippen LogP contribution in [0.3, 0.4) is 0 Å². The van der Waals surface area contributed by atoms with Gasteiger partial charge in [-0.15, -0.1) is 0 Å². The van der Waals surface area contributed by atoms with Crippen LogP contribution >= 0.6 is 0 Å². The molecule has 0 amide bonds. The van der Waals surface area contributed by atoms with Crippen molar-refractivity contribution in [2.45, 2.75) is 65.4 Å². The van der Waals surface area contributed by atoms with Crippen molar-refractivity contribution in [2.24, 2.45) is 5.41 Å². The van der Waals surface area contributed by atoms with E-state index in [1.54, 1.807) is 19.2 Å². The fourth-order valence-corrected chi connectivity index (χ4v) is 5.36. The van der Waals surface area contributed by atoms with E-state index < -0.39 is 0 Å². The number of hydrogen-bond donors (Lipinski definition) is 0. The third kappa shape index (κ3) is 5.66. The molecule has 1 atom stereocenters. The lowest BCUT2D eigenvalue weighted by Gasteiger charge is -2.26. The normalized spacial score (nSPS) is 16.3. The lowest BCUT2D eigenvalue weighted by atomic mass is 9.78. The topological polar surface area (TPSA) is 44.8 Å². The maximum absolute atomic E-state index is 14.8. The molecule has 0 fully saturated rings. The van der Waals surface area contributed by atoms with E-state index >= 15 is 0 Å². The zero-order valence-corrected chi connectivity index (χ0v) is 22.9. The molecule has 1 aliphatic rings. The van der Waals surface area contributed by atoms with Gasteiger partial charge in [0.2, 0.25) is 0 Å². The Kier molecular flexibility index (Phi) is 7.36. The third-order valence-electron chi connectivity index (χ3n) is 7.44. The van der Waals surface area contributed by atoms with Gasteiger partial charge >= 0.3 is 5.97 Å². The van der Waals surface area contributed by atoms with Crippen molar-refractivity contribution in [3.8, 4) is 22.6 Å². The molecule has 1 aliphatic carbocycles. The summed E-state index contributed by atoms with van der Waals surface area (Å²) in [6.45, 7) is 11.1. The largest absolute Gasteiger partial charge is 0.497 e. The highest BCUT2D eigenvalue weighted by atomic mass is 19.1. The minimum atomic E-state index is -0.280. The molecule has 0 N–H and O–H groups in total. The van der Waals surface area contributed by atoms with Gasteiger partial charge in [-0.05, 0) is 75.4 Å². The summed E-state index contributed by atoms with van der Waals surface area (Å²) in [5, 5.41) is 0. The van der Waals surface area contributed by atoms with Gasteiger partial charge in [0.05, 0.1) is 20.6 Å². The van der Waals surface area contributed by atoms with Crippen LogP contribution in [0.4, 0.5) is 4.39 Å². The molecule has 0 unspecified atom stereocenters. The van der Waals surface area contributed by atoms with Crippen LogP contribution in [0.15, 0.2) is 54.6 Å². The molecule has 0 heterocycles. The van der Waals surface area contributed by atoms with Crippen LogP contribution in [0.2, 0.25) is 0 Å². The van der Waals surface area contributed by atoms with Gasteiger partial charge < -0.3 is 14.2 Å². The highest BCUT2D eigenvalue weighted by Gasteiger charge is 2.40. The molecule has 0 spiro atoms. The number of rotatable bonds is 7. The molecule has 3 aromatic carbocycles. The molecule has 0 aromatic heterocycles. The van der Waals surface area contributed by atoms with E-state index in [1.807, 2.05) is 18.2 Å². The van der Waals surface area contributed by atoms with Crippen molar-refractivity contribution in [1.82, 2.24) is 0 Å². The Morgan fingerprint density at radius 3 is 2.38 bits per heavy atom. The maximum atomic E-state index is 14.8. The van der Waals surface area contributed by atoms with Crippen molar-refractivity contribution in [2.75, 3.05) is 14.2 Å². The van der Waals surface area contributed by atoms with E-state index in [4.69, 9.17) is 14.2 Å². The number of ether oxygens (including phenoxy) is 3. The van der Waals surface area contributed by atoms with Crippen LogP contribution < -0.4 is 9.47 Å². The van der Waals surface area contributed by atoms with Gasteiger partial charge in [-0.1, -0.05) is 58.9 Å². The molecule has 3 aromatic rings. The van der Waals surface area contributed by atoms with E-state index in [0.29, 0.717) is 24.3 Å². The second-order valence-corrected chi connectivity index (χ2v) is 11.6. The predicted molar refractivity (Wildman–Crippen MR) is 145 cm³/mol. The fourth-order valence-electron chi connectivity index (χ4n) is 5.36. The molecule has 4 nitrogen and oxygen atoms in total. The fraction of sp³-hybridized carbons (Fsp3) is 0.406. The zero-order valence-electron chi connectivity index (χ0n) is 22.9. The number of carbonyl (C=O) groups excluding carboxylic acids is 1. The monoisotopic (exact) mass is 504 g/mol. The van der Waals surface area contributed by atoms with Crippen molar-refractivity contribution >= 4 is 5.97 Å². The lowest BCUT2D eigenvalue weighted by molar-refractivity contribution is -0.141. The van der Waals surface area contributed by atoms with Crippen molar-refractivity contribution in [3.63, 3.8) is 0 Å². The summed E-state index contributed by atoms with van der Waals surface area (Å²) in [4.78, 5) is 12.1. The van der Waals surface area contributed by atoms with Gasteiger partial charge in [0.1, 0.15) is 23.9 Å². The molecular weight excluding hydrogens is 467 g/mol. The Morgan fingerprint density at radius 2 is 1.70 bits per heavy atom. The second-order valence-electron chi connectivity index (χ2n) is 11.6. The van der Waals surface area contributed by atoms with Gasteiger partial charge in [0.25, 0.3) is 0 Å². The summed E-state index contributed by atoms with van der Waals surface area (Å²) in [6.07, 6.45) is 1.28. The number of methoxy groups -OCH3 is 2. The van der Waals surface area contributed by atoms with Gasteiger partial charge in [-0.25, -0.2) is 4.39 Å². The molecule has 196 valence electrons. The first-order valence-electron chi connectivity index (χ1n) is 12.7. The first-order valence-corrected chi connectivity index (χ1v) is 12.7. The summed E-state index contributed by atoms with van der Waals surface area (Å²) in [6, 6.07) is 17.1. The molecule has 4 rings (SSSR count). The van der Waals surface area contributed by atoms with Crippen LogP contribution in [0.1, 0.15) is 69.2 Å². The van der Waals surface area contributed by atoms with Crippen LogP contribution in [-0.2, 0) is 28.0 Å². The van der Waals surface area contributed by atoms with E-state index in [1.165, 1.54) is 18.7 Å². The van der Waals surface area contributed by atoms with Gasteiger partial charge in [-0.3, -0.25) is 4.79 Å². The molecule has 0 aliphatic heterocycles. The first kappa shape index (κ1) is 26.7. The summed E-state index contributed by atoms with van der Waals surface area (Å²) < 4.78 is 31.3. The van der Waals surface area contributed by atoms with E-state index in [9.17, 15) is 9.18 Å². The van der Waals surface area contributed by atoms with Gasteiger partial charge in [-0.2, -0.15) is 0 Å². The molecule has 0 radical (unpaired) electrons. The smallest absolute Gasteiger partial charge is 0.306 e.